The molecule has 1 N–H and O–H groups in total. The van der Waals surface area contributed by atoms with Crippen LogP contribution in [0.25, 0.3) is 0 Å². The van der Waals surface area contributed by atoms with Gasteiger partial charge in [0.25, 0.3) is 0 Å². The van der Waals surface area contributed by atoms with E-state index in [9.17, 15) is 9.46 Å². The second-order valence-corrected chi connectivity index (χ2v) is 15.9. The Labute approximate surface area is 271 Å². The van der Waals surface area contributed by atoms with Crippen molar-refractivity contribution in [3.8, 4) is 0 Å². The number of unbranched alkanes of at least 4 members (excludes halogenated alkanes) is 26. The fraction of sp³-hybridized carbons (Fsp3) is 1.00. The number of hydrogen-bond acceptors (Lipinski definition) is 3. The molecule has 0 aliphatic rings. The van der Waals surface area contributed by atoms with Gasteiger partial charge >= 0.3 is 7.82 Å². The smallest absolute Gasteiger partial charge is 0.302 e. The molecule has 0 aromatic heterocycles. The Balaban J connectivity index is 3.28. The second-order valence-electron chi connectivity index (χ2n) is 14.4. The van der Waals surface area contributed by atoms with Crippen LogP contribution < -0.4 is 0 Å². The van der Waals surface area contributed by atoms with Gasteiger partial charge in [0.1, 0.15) is 0 Å². The van der Waals surface area contributed by atoms with Crippen molar-refractivity contribution in [1.82, 2.24) is 0 Å². The Morgan fingerprint density at radius 2 is 0.558 bits per heavy atom. The lowest BCUT2D eigenvalue weighted by molar-refractivity contribution is 0.145. The molecule has 0 aromatic carbocycles. The van der Waals surface area contributed by atoms with E-state index < -0.39 is 7.82 Å². The van der Waals surface area contributed by atoms with E-state index in [0.717, 1.165) is 37.5 Å². The zero-order valence-corrected chi connectivity index (χ0v) is 30.8. The van der Waals surface area contributed by atoms with Crippen molar-refractivity contribution in [1.29, 1.82) is 0 Å². The molecule has 0 bridgehead atoms. The van der Waals surface area contributed by atoms with Gasteiger partial charge in [-0.1, -0.05) is 207 Å². The van der Waals surface area contributed by atoms with E-state index in [-0.39, 0.29) is 0 Å². The maximum Gasteiger partial charge on any atom is 0.472 e. The van der Waals surface area contributed by atoms with E-state index in [1.807, 2.05) is 0 Å². The summed E-state index contributed by atoms with van der Waals surface area (Å²) in [5.74, 6) is 1.72. The van der Waals surface area contributed by atoms with Crippen LogP contribution in [-0.2, 0) is 13.6 Å². The first-order valence-corrected chi connectivity index (χ1v) is 20.9. The van der Waals surface area contributed by atoms with Crippen LogP contribution in [-0.4, -0.2) is 18.1 Å². The molecule has 0 radical (unpaired) electrons. The molecular formula is C38H79O4P. The Bertz CT molecular complexity index is 534. The highest BCUT2D eigenvalue weighted by Gasteiger charge is 2.19. The molecule has 0 atom stereocenters. The average molecular weight is 631 g/mol. The highest BCUT2D eigenvalue weighted by Crippen LogP contribution is 2.43. The van der Waals surface area contributed by atoms with E-state index in [2.05, 4.69) is 27.7 Å². The Kier molecular flexibility index (Phi) is 33.6. The molecule has 5 heteroatoms. The lowest BCUT2D eigenvalue weighted by Gasteiger charge is -2.12. The standard InChI is InChI=1S/C38H79O4P/c1-37(2)33-29-25-21-17-13-9-5-7-11-15-19-23-27-31-35-41-43(39,40)42-36-32-28-24-20-16-12-8-6-10-14-18-22-26-30-34-38(3)4/h37-38H,5-36H2,1-4H3,(H,39,40). The zero-order valence-electron chi connectivity index (χ0n) is 29.9. The Hall–Kier alpha value is 0.110. The molecule has 0 rings (SSSR count). The van der Waals surface area contributed by atoms with Gasteiger partial charge in [0, 0.05) is 0 Å². The second kappa shape index (κ2) is 33.5. The first-order chi connectivity index (χ1) is 20.8. The summed E-state index contributed by atoms with van der Waals surface area (Å²) in [6.45, 7) is 9.94. The summed E-state index contributed by atoms with van der Waals surface area (Å²) in [7, 11) is -3.88. The maximum atomic E-state index is 12.1. The summed E-state index contributed by atoms with van der Waals surface area (Å²) in [6, 6.07) is 0. The van der Waals surface area contributed by atoms with Gasteiger partial charge < -0.3 is 4.89 Å². The third-order valence-corrected chi connectivity index (χ3v) is 9.88. The minimum atomic E-state index is -3.88. The average Bonchev–Trinajstić information content (AvgIpc) is 2.96. The molecule has 4 nitrogen and oxygen atoms in total. The van der Waals surface area contributed by atoms with Gasteiger partial charge in [-0.05, 0) is 24.7 Å². The third-order valence-electron chi connectivity index (χ3n) is 8.86. The summed E-state index contributed by atoms with van der Waals surface area (Å²) < 4.78 is 22.4. The predicted molar refractivity (Wildman–Crippen MR) is 190 cm³/mol. The molecule has 0 spiro atoms. The van der Waals surface area contributed by atoms with Crippen LogP contribution in [0.1, 0.15) is 220 Å². The van der Waals surface area contributed by atoms with Crippen LogP contribution in [0.5, 0.6) is 0 Å². The number of phosphoric ester groups is 1. The van der Waals surface area contributed by atoms with Crippen LogP contribution in [0.2, 0.25) is 0 Å². The highest BCUT2D eigenvalue weighted by atomic mass is 31.2. The summed E-state index contributed by atoms with van der Waals surface area (Å²) in [6.07, 6.45) is 39.4. The normalized spacial score (nSPS) is 12.3. The van der Waals surface area contributed by atoms with Gasteiger partial charge in [0.2, 0.25) is 0 Å². The van der Waals surface area contributed by atoms with Crippen molar-refractivity contribution in [2.45, 2.75) is 220 Å². The van der Waals surface area contributed by atoms with Gasteiger partial charge in [-0.3, -0.25) is 9.05 Å². The van der Waals surface area contributed by atoms with E-state index in [1.54, 1.807) is 0 Å². The van der Waals surface area contributed by atoms with E-state index >= 15 is 0 Å². The predicted octanol–water partition coefficient (Wildman–Crippen LogP) is 14.1. The largest absolute Gasteiger partial charge is 0.472 e. The summed E-state index contributed by atoms with van der Waals surface area (Å²) in [5, 5.41) is 0. The Morgan fingerprint density at radius 3 is 0.767 bits per heavy atom. The summed E-state index contributed by atoms with van der Waals surface area (Å²) in [5.41, 5.74) is 0. The number of rotatable bonds is 36. The van der Waals surface area contributed by atoms with E-state index in [0.29, 0.717) is 13.2 Å². The SMILES string of the molecule is CC(C)CCCCCCCCCCCCCCCCOP(=O)(O)OCCCCCCCCCCCCCCCCC(C)C. The molecule has 260 valence electrons. The number of hydrogen-bond donors (Lipinski definition) is 1. The minimum absolute atomic E-state index is 0.323. The van der Waals surface area contributed by atoms with Crippen molar-refractivity contribution in [2.24, 2.45) is 11.8 Å². The zero-order chi connectivity index (χ0) is 31.7. The van der Waals surface area contributed by atoms with Crippen molar-refractivity contribution < 1.29 is 18.5 Å². The molecule has 0 saturated carbocycles. The van der Waals surface area contributed by atoms with Gasteiger partial charge in [-0.15, -0.1) is 0 Å². The molecule has 0 fully saturated rings. The van der Waals surface area contributed by atoms with Crippen LogP contribution in [0.15, 0.2) is 0 Å². The van der Waals surface area contributed by atoms with Crippen molar-refractivity contribution >= 4 is 7.82 Å². The van der Waals surface area contributed by atoms with Crippen LogP contribution in [0.3, 0.4) is 0 Å². The first-order valence-electron chi connectivity index (χ1n) is 19.5. The molecular weight excluding hydrogens is 551 g/mol. The highest BCUT2D eigenvalue weighted by molar-refractivity contribution is 7.47. The molecule has 0 heterocycles. The number of phosphoric acid groups is 1. The third kappa shape index (κ3) is 38.2. The summed E-state index contributed by atoms with van der Waals surface area (Å²) >= 11 is 0. The van der Waals surface area contributed by atoms with Gasteiger partial charge in [-0.25, -0.2) is 4.57 Å². The van der Waals surface area contributed by atoms with E-state index in [4.69, 9.17) is 9.05 Å². The van der Waals surface area contributed by atoms with Crippen molar-refractivity contribution in [2.75, 3.05) is 13.2 Å². The quantitative estimate of drug-likeness (QED) is 0.0553. The summed E-state index contributed by atoms with van der Waals surface area (Å²) in [4.78, 5) is 9.90. The Morgan fingerprint density at radius 1 is 0.372 bits per heavy atom. The molecule has 0 aliphatic carbocycles. The fourth-order valence-electron chi connectivity index (χ4n) is 5.95. The maximum absolute atomic E-state index is 12.1. The molecule has 0 aromatic rings. The van der Waals surface area contributed by atoms with E-state index in [1.165, 1.54) is 167 Å². The van der Waals surface area contributed by atoms with Crippen molar-refractivity contribution in [3.05, 3.63) is 0 Å². The van der Waals surface area contributed by atoms with Gasteiger partial charge in [0.15, 0.2) is 0 Å². The van der Waals surface area contributed by atoms with Gasteiger partial charge in [0.05, 0.1) is 13.2 Å². The first kappa shape index (κ1) is 43.1. The molecule has 0 unspecified atom stereocenters. The fourth-order valence-corrected chi connectivity index (χ4v) is 6.74. The molecule has 0 saturated heterocycles. The topological polar surface area (TPSA) is 55.8 Å². The van der Waals surface area contributed by atoms with Crippen LogP contribution in [0, 0.1) is 11.8 Å². The van der Waals surface area contributed by atoms with Gasteiger partial charge in [-0.2, -0.15) is 0 Å². The monoisotopic (exact) mass is 631 g/mol. The lowest BCUT2D eigenvalue weighted by atomic mass is 10.0. The van der Waals surface area contributed by atoms with Crippen LogP contribution >= 0.6 is 7.82 Å². The lowest BCUT2D eigenvalue weighted by Crippen LogP contribution is -1.99. The van der Waals surface area contributed by atoms with Crippen LogP contribution in [0.4, 0.5) is 0 Å². The molecule has 0 aliphatic heterocycles. The minimum Gasteiger partial charge on any atom is -0.302 e. The van der Waals surface area contributed by atoms with Crippen molar-refractivity contribution in [3.63, 3.8) is 0 Å². The molecule has 0 amide bonds. The molecule has 43 heavy (non-hydrogen) atoms.